The van der Waals surface area contributed by atoms with Crippen LogP contribution in [0, 0.1) is 11.2 Å². The summed E-state index contributed by atoms with van der Waals surface area (Å²) in [6, 6.07) is 7.31. The second kappa shape index (κ2) is 5.37. The van der Waals surface area contributed by atoms with Crippen molar-refractivity contribution >= 4 is 0 Å². The summed E-state index contributed by atoms with van der Waals surface area (Å²) < 4.78 is 19.3. The van der Waals surface area contributed by atoms with E-state index in [0.717, 1.165) is 13.0 Å². The van der Waals surface area contributed by atoms with E-state index in [2.05, 4.69) is 26.1 Å². The molecule has 2 unspecified atom stereocenters. The molecule has 1 N–H and O–H groups in total. The zero-order valence-corrected chi connectivity index (χ0v) is 11.4. The molecule has 2 atom stereocenters. The number of rotatable bonds is 5. The predicted molar refractivity (Wildman–Crippen MR) is 70.8 cm³/mol. The fourth-order valence-electron chi connectivity index (χ4n) is 2.57. The molecule has 0 spiro atoms. The molecule has 1 aromatic carbocycles. The average molecular weight is 251 g/mol. The lowest BCUT2D eigenvalue weighted by molar-refractivity contribution is -0.124. The van der Waals surface area contributed by atoms with E-state index in [1.165, 1.54) is 6.07 Å². The van der Waals surface area contributed by atoms with E-state index in [0.29, 0.717) is 18.2 Å². The van der Waals surface area contributed by atoms with E-state index in [-0.39, 0.29) is 17.3 Å². The molecule has 0 aliphatic heterocycles. The SMILES string of the molecule is CCNC1CC(OCc2ccccc2F)C1(C)C. The Labute approximate surface area is 109 Å². The minimum atomic E-state index is -0.183. The first-order valence-electron chi connectivity index (χ1n) is 6.64. The van der Waals surface area contributed by atoms with Gasteiger partial charge in [0, 0.05) is 17.0 Å². The zero-order chi connectivity index (χ0) is 13.2. The molecule has 0 radical (unpaired) electrons. The van der Waals surface area contributed by atoms with Gasteiger partial charge >= 0.3 is 0 Å². The van der Waals surface area contributed by atoms with Crippen LogP contribution in [0.4, 0.5) is 4.39 Å². The maximum atomic E-state index is 13.5. The minimum absolute atomic E-state index is 0.126. The van der Waals surface area contributed by atoms with Gasteiger partial charge in [0.05, 0.1) is 12.7 Å². The minimum Gasteiger partial charge on any atom is -0.373 e. The number of ether oxygens (including phenoxy) is 1. The standard InChI is InChI=1S/C15H22FNO/c1-4-17-13-9-14(15(13,2)3)18-10-11-7-5-6-8-12(11)16/h5-8,13-14,17H,4,9-10H2,1-3H3. The molecule has 0 saturated heterocycles. The lowest BCUT2D eigenvalue weighted by Crippen LogP contribution is -2.60. The van der Waals surface area contributed by atoms with Crippen molar-refractivity contribution in [1.29, 1.82) is 0 Å². The topological polar surface area (TPSA) is 21.3 Å². The van der Waals surface area contributed by atoms with Gasteiger partial charge in [-0.25, -0.2) is 4.39 Å². The Morgan fingerprint density at radius 1 is 1.39 bits per heavy atom. The van der Waals surface area contributed by atoms with Crippen LogP contribution in [-0.4, -0.2) is 18.7 Å². The molecule has 1 aliphatic rings. The molecule has 0 bridgehead atoms. The summed E-state index contributed by atoms with van der Waals surface area (Å²) in [7, 11) is 0. The van der Waals surface area contributed by atoms with Crippen molar-refractivity contribution in [3.05, 3.63) is 35.6 Å². The molecule has 3 heteroatoms. The molecule has 0 heterocycles. The largest absolute Gasteiger partial charge is 0.373 e. The van der Waals surface area contributed by atoms with Crippen LogP contribution in [0.2, 0.25) is 0 Å². The fourth-order valence-corrected chi connectivity index (χ4v) is 2.57. The molecule has 2 rings (SSSR count). The van der Waals surface area contributed by atoms with Crippen LogP contribution in [0.15, 0.2) is 24.3 Å². The van der Waals surface area contributed by atoms with E-state index in [1.54, 1.807) is 12.1 Å². The summed E-state index contributed by atoms with van der Waals surface area (Å²) in [6.45, 7) is 7.86. The lowest BCUT2D eigenvalue weighted by atomic mass is 9.64. The Kier molecular flexibility index (Phi) is 4.03. The van der Waals surface area contributed by atoms with Gasteiger partial charge in [-0.2, -0.15) is 0 Å². The lowest BCUT2D eigenvalue weighted by Gasteiger charge is -2.52. The third-order valence-corrected chi connectivity index (χ3v) is 4.03. The van der Waals surface area contributed by atoms with Crippen LogP contribution in [0.1, 0.15) is 32.8 Å². The van der Waals surface area contributed by atoms with Crippen molar-refractivity contribution in [3.63, 3.8) is 0 Å². The van der Waals surface area contributed by atoms with Crippen molar-refractivity contribution < 1.29 is 9.13 Å². The van der Waals surface area contributed by atoms with Gasteiger partial charge in [0.2, 0.25) is 0 Å². The second-order valence-electron chi connectivity index (χ2n) is 5.56. The summed E-state index contributed by atoms with van der Waals surface area (Å²) in [6.07, 6.45) is 1.22. The maximum absolute atomic E-state index is 13.5. The first kappa shape index (κ1) is 13.5. The van der Waals surface area contributed by atoms with Crippen molar-refractivity contribution in [3.8, 4) is 0 Å². The Balaban J connectivity index is 1.88. The van der Waals surface area contributed by atoms with Crippen molar-refractivity contribution in [1.82, 2.24) is 5.32 Å². The van der Waals surface area contributed by atoms with Gasteiger partial charge in [0.15, 0.2) is 0 Å². The van der Waals surface area contributed by atoms with Crippen LogP contribution in [0.5, 0.6) is 0 Å². The Hall–Kier alpha value is -0.930. The Bertz CT molecular complexity index is 405. The summed E-state index contributed by atoms with van der Waals surface area (Å²) in [5, 5.41) is 3.46. The molecule has 100 valence electrons. The van der Waals surface area contributed by atoms with Gasteiger partial charge < -0.3 is 10.1 Å². The van der Waals surface area contributed by atoms with Crippen molar-refractivity contribution in [2.75, 3.05) is 6.54 Å². The molecule has 0 aromatic heterocycles. The van der Waals surface area contributed by atoms with Gasteiger partial charge in [-0.3, -0.25) is 0 Å². The number of nitrogens with one attached hydrogen (secondary N) is 1. The highest BCUT2D eigenvalue weighted by Crippen LogP contribution is 2.43. The van der Waals surface area contributed by atoms with Crippen LogP contribution in [-0.2, 0) is 11.3 Å². The monoisotopic (exact) mass is 251 g/mol. The van der Waals surface area contributed by atoms with E-state index in [4.69, 9.17) is 4.74 Å². The quantitative estimate of drug-likeness (QED) is 0.868. The highest BCUT2D eigenvalue weighted by molar-refractivity contribution is 5.16. The number of benzene rings is 1. The van der Waals surface area contributed by atoms with E-state index < -0.39 is 0 Å². The maximum Gasteiger partial charge on any atom is 0.128 e. The van der Waals surface area contributed by atoms with E-state index >= 15 is 0 Å². The molecular formula is C15H22FNO. The van der Waals surface area contributed by atoms with E-state index in [1.807, 2.05) is 6.07 Å². The molecule has 1 fully saturated rings. The first-order chi connectivity index (χ1) is 8.55. The summed E-state index contributed by atoms with van der Waals surface area (Å²) >= 11 is 0. The average Bonchev–Trinajstić information content (AvgIpc) is 2.35. The Morgan fingerprint density at radius 2 is 2.11 bits per heavy atom. The van der Waals surface area contributed by atoms with Gasteiger partial charge in [-0.15, -0.1) is 0 Å². The number of hydrogen-bond acceptors (Lipinski definition) is 2. The summed E-state index contributed by atoms with van der Waals surface area (Å²) in [5.41, 5.74) is 0.765. The van der Waals surface area contributed by atoms with Gasteiger partial charge in [0.25, 0.3) is 0 Å². The third kappa shape index (κ3) is 2.57. The van der Waals surface area contributed by atoms with Crippen LogP contribution >= 0.6 is 0 Å². The predicted octanol–water partition coefficient (Wildman–Crippen LogP) is 3.12. The molecule has 18 heavy (non-hydrogen) atoms. The van der Waals surface area contributed by atoms with Crippen LogP contribution in [0.3, 0.4) is 0 Å². The van der Waals surface area contributed by atoms with Gasteiger partial charge in [0.1, 0.15) is 5.82 Å². The van der Waals surface area contributed by atoms with Crippen molar-refractivity contribution in [2.24, 2.45) is 5.41 Å². The number of halogens is 1. The first-order valence-corrected chi connectivity index (χ1v) is 6.64. The fraction of sp³-hybridized carbons (Fsp3) is 0.600. The highest BCUT2D eigenvalue weighted by atomic mass is 19.1. The van der Waals surface area contributed by atoms with Gasteiger partial charge in [-0.05, 0) is 19.0 Å². The van der Waals surface area contributed by atoms with E-state index in [9.17, 15) is 4.39 Å². The van der Waals surface area contributed by atoms with Crippen LogP contribution in [0.25, 0.3) is 0 Å². The molecule has 1 aliphatic carbocycles. The summed E-state index contributed by atoms with van der Waals surface area (Å²) in [4.78, 5) is 0. The van der Waals surface area contributed by atoms with Gasteiger partial charge in [-0.1, -0.05) is 39.0 Å². The summed E-state index contributed by atoms with van der Waals surface area (Å²) in [5.74, 6) is -0.183. The molecule has 2 nitrogen and oxygen atoms in total. The Morgan fingerprint density at radius 3 is 2.72 bits per heavy atom. The van der Waals surface area contributed by atoms with Crippen LogP contribution < -0.4 is 5.32 Å². The number of hydrogen-bond donors (Lipinski definition) is 1. The zero-order valence-electron chi connectivity index (χ0n) is 11.4. The molecule has 1 saturated carbocycles. The van der Waals surface area contributed by atoms with Crippen molar-refractivity contribution in [2.45, 2.75) is 45.9 Å². The molecular weight excluding hydrogens is 229 g/mol. The smallest absolute Gasteiger partial charge is 0.128 e. The molecule has 0 amide bonds. The molecule has 1 aromatic rings. The normalized spacial score (nSPS) is 25.8. The second-order valence-corrected chi connectivity index (χ2v) is 5.56. The third-order valence-electron chi connectivity index (χ3n) is 4.03. The highest BCUT2D eigenvalue weighted by Gasteiger charge is 2.48.